The van der Waals surface area contributed by atoms with Crippen LogP contribution in [0, 0.1) is 0 Å². The molecule has 0 aliphatic heterocycles. The molecule has 0 unspecified atom stereocenters. The number of amides is 1. The molecule has 1 N–H and O–H groups in total. The molecule has 3 heterocycles. The first-order valence-electron chi connectivity index (χ1n) is 9.45. The molecule has 10 nitrogen and oxygen atoms in total. The van der Waals surface area contributed by atoms with E-state index in [0.717, 1.165) is 15.7 Å². The van der Waals surface area contributed by atoms with Gasteiger partial charge in [0.15, 0.2) is 27.3 Å². The molecular formula is C19H19N7O3S3. The van der Waals surface area contributed by atoms with Crippen LogP contribution in [0.2, 0.25) is 0 Å². The van der Waals surface area contributed by atoms with Crippen LogP contribution in [0.25, 0.3) is 17.0 Å². The summed E-state index contributed by atoms with van der Waals surface area (Å²) in [5.74, 6) is 2.67. The summed E-state index contributed by atoms with van der Waals surface area (Å²) in [7, 11) is 3.16. The van der Waals surface area contributed by atoms with E-state index in [1.165, 1.54) is 23.1 Å². The molecule has 0 spiro atoms. The topological polar surface area (TPSA) is 116 Å². The van der Waals surface area contributed by atoms with Gasteiger partial charge < -0.3 is 9.47 Å². The Balaban J connectivity index is 1.48. The molecular weight excluding hydrogens is 470 g/mol. The number of thioether (sulfide) groups is 2. The fourth-order valence-corrected chi connectivity index (χ4v) is 5.06. The Morgan fingerprint density at radius 3 is 2.69 bits per heavy atom. The first kappa shape index (κ1) is 22.3. The van der Waals surface area contributed by atoms with Crippen molar-refractivity contribution in [3.63, 3.8) is 0 Å². The molecule has 0 fully saturated rings. The molecule has 0 atom stereocenters. The van der Waals surface area contributed by atoms with Gasteiger partial charge in [-0.2, -0.15) is 9.61 Å². The summed E-state index contributed by atoms with van der Waals surface area (Å²) in [6.45, 7) is 2.04. The summed E-state index contributed by atoms with van der Waals surface area (Å²) in [5.41, 5.74) is 1.37. The highest BCUT2D eigenvalue weighted by molar-refractivity contribution is 8.01. The number of benzene rings is 1. The number of carbonyl (C=O) groups excluding carboxylic acids is 1. The largest absolute Gasteiger partial charge is 0.493 e. The number of rotatable bonds is 9. The van der Waals surface area contributed by atoms with Crippen molar-refractivity contribution in [2.45, 2.75) is 16.3 Å². The van der Waals surface area contributed by atoms with Crippen LogP contribution in [0.15, 0.2) is 39.7 Å². The number of hydrogen-bond donors (Lipinski definition) is 1. The van der Waals surface area contributed by atoms with E-state index in [9.17, 15) is 4.79 Å². The first-order valence-corrected chi connectivity index (χ1v) is 12.2. The second kappa shape index (κ2) is 10.1. The molecule has 4 aromatic rings. The van der Waals surface area contributed by atoms with Gasteiger partial charge in [-0.25, -0.2) is 0 Å². The molecule has 0 saturated heterocycles. The van der Waals surface area contributed by atoms with E-state index < -0.39 is 0 Å². The van der Waals surface area contributed by atoms with Crippen LogP contribution >= 0.6 is 34.9 Å². The third-order valence-corrected chi connectivity index (χ3v) is 6.93. The van der Waals surface area contributed by atoms with Gasteiger partial charge in [0.1, 0.15) is 5.03 Å². The number of nitrogens with one attached hydrogen (secondary N) is 1. The maximum absolute atomic E-state index is 12.3. The Morgan fingerprint density at radius 1 is 1.06 bits per heavy atom. The van der Waals surface area contributed by atoms with Crippen molar-refractivity contribution < 1.29 is 14.3 Å². The van der Waals surface area contributed by atoms with E-state index in [1.807, 2.05) is 25.1 Å². The minimum absolute atomic E-state index is 0.176. The van der Waals surface area contributed by atoms with E-state index in [1.54, 1.807) is 42.6 Å². The molecule has 1 amide bonds. The predicted molar refractivity (Wildman–Crippen MR) is 125 cm³/mol. The van der Waals surface area contributed by atoms with Gasteiger partial charge in [-0.05, 0) is 36.1 Å². The maximum Gasteiger partial charge on any atom is 0.236 e. The quantitative estimate of drug-likeness (QED) is 0.276. The first-order chi connectivity index (χ1) is 15.6. The molecule has 32 heavy (non-hydrogen) atoms. The molecule has 0 saturated carbocycles. The molecule has 166 valence electrons. The van der Waals surface area contributed by atoms with Crippen molar-refractivity contribution >= 4 is 51.5 Å². The molecule has 0 aliphatic carbocycles. The van der Waals surface area contributed by atoms with Gasteiger partial charge >= 0.3 is 0 Å². The van der Waals surface area contributed by atoms with E-state index in [-0.39, 0.29) is 11.7 Å². The average Bonchev–Trinajstić information content (AvgIpc) is 3.43. The van der Waals surface area contributed by atoms with Crippen LogP contribution in [0.5, 0.6) is 11.5 Å². The minimum Gasteiger partial charge on any atom is -0.493 e. The van der Waals surface area contributed by atoms with Crippen LogP contribution in [-0.2, 0) is 4.79 Å². The second-order valence-corrected chi connectivity index (χ2v) is 9.66. The normalized spacial score (nSPS) is 11.0. The minimum atomic E-state index is -0.176. The number of aromatic nitrogens is 6. The number of ether oxygens (including phenoxy) is 2. The molecule has 0 radical (unpaired) electrons. The van der Waals surface area contributed by atoms with Gasteiger partial charge in [-0.15, -0.1) is 20.4 Å². The lowest BCUT2D eigenvalue weighted by Crippen LogP contribution is -2.14. The Morgan fingerprint density at radius 2 is 1.91 bits per heavy atom. The van der Waals surface area contributed by atoms with E-state index in [0.29, 0.717) is 33.1 Å². The Kier molecular flexibility index (Phi) is 7.07. The zero-order chi connectivity index (χ0) is 22.5. The van der Waals surface area contributed by atoms with Crippen molar-refractivity contribution in [2.24, 2.45) is 0 Å². The third kappa shape index (κ3) is 4.95. The van der Waals surface area contributed by atoms with Gasteiger partial charge in [0.05, 0.1) is 20.0 Å². The summed E-state index contributed by atoms with van der Waals surface area (Å²) in [5, 5.41) is 25.0. The smallest absolute Gasteiger partial charge is 0.236 e. The van der Waals surface area contributed by atoms with E-state index in [2.05, 4.69) is 30.8 Å². The fraction of sp³-hybridized carbons (Fsp3) is 0.263. The Labute approximate surface area is 196 Å². The fourth-order valence-electron chi connectivity index (χ4n) is 2.74. The highest BCUT2D eigenvalue weighted by Crippen LogP contribution is 2.32. The maximum atomic E-state index is 12.3. The second-order valence-electron chi connectivity index (χ2n) is 6.18. The van der Waals surface area contributed by atoms with Gasteiger partial charge in [0, 0.05) is 5.56 Å². The molecule has 3 aromatic heterocycles. The van der Waals surface area contributed by atoms with E-state index in [4.69, 9.17) is 9.47 Å². The number of anilines is 1. The highest BCUT2D eigenvalue weighted by atomic mass is 32.2. The van der Waals surface area contributed by atoms with Gasteiger partial charge in [-0.3, -0.25) is 10.1 Å². The lowest BCUT2D eigenvalue weighted by atomic mass is 10.2. The van der Waals surface area contributed by atoms with Crippen molar-refractivity contribution in [3.05, 3.63) is 30.3 Å². The lowest BCUT2D eigenvalue weighted by molar-refractivity contribution is -0.113. The van der Waals surface area contributed by atoms with Gasteiger partial charge in [0.2, 0.25) is 11.0 Å². The van der Waals surface area contributed by atoms with Crippen LogP contribution in [-0.4, -0.2) is 61.6 Å². The Hall–Kier alpha value is -2.90. The van der Waals surface area contributed by atoms with Crippen molar-refractivity contribution in [1.29, 1.82) is 0 Å². The van der Waals surface area contributed by atoms with Crippen molar-refractivity contribution in [3.8, 4) is 22.9 Å². The molecule has 13 heteroatoms. The summed E-state index contributed by atoms with van der Waals surface area (Å²) in [6.07, 6.45) is 0. The van der Waals surface area contributed by atoms with Crippen LogP contribution in [0.3, 0.4) is 0 Å². The van der Waals surface area contributed by atoms with Crippen molar-refractivity contribution in [1.82, 2.24) is 30.0 Å². The van der Waals surface area contributed by atoms with Crippen LogP contribution in [0.4, 0.5) is 5.13 Å². The SMILES string of the molecule is CCSc1nnc(NC(=O)CSc2ccc3nnc(-c4ccc(OC)c(OC)c4)n3n2)s1. The summed E-state index contributed by atoms with van der Waals surface area (Å²) >= 11 is 4.26. The standard InChI is InChI=1S/C19H19N7O3S3/c1-4-30-19-24-23-18(32-19)20-15(27)10-31-16-8-7-14-21-22-17(26(14)25-16)11-5-6-12(28-2)13(9-11)29-3/h5-9H,4,10H2,1-3H3,(H,20,23,27). The highest BCUT2D eigenvalue weighted by Gasteiger charge is 2.14. The molecule has 0 aliphatic rings. The number of hydrogen-bond acceptors (Lipinski definition) is 11. The monoisotopic (exact) mass is 489 g/mol. The molecule has 4 rings (SSSR count). The number of nitrogens with zero attached hydrogens (tertiary/aromatic N) is 6. The van der Waals surface area contributed by atoms with Gasteiger partial charge in [-0.1, -0.05) is 41.8 Å². The summed E-state index contributed by atoms with van der Waals surface area (Å²) in [6, 6.07) is 9.10. The van der Waals surface area contributed by atoms with Gasteiger partial charge in [0.25, 0.3) is 0 Å². The number of carbonyl (C=O) groups is 1. The van der Waals surface area contributed by atoms with E-state index >= 15 is 0 Å². The summed E-state index contributed by atoms with van der Waals surface area (Å²) < 4.78 is 13.1. The number of methoxy groups -OCH3 is 2. The number of fused-ring (bicyclic) bond motifs is 1. The van der Waals surface area contributed by atoms with Crippen molar-refractivity contribution in [2.75, 3.05) is 31.0 Å². The third-order valence-electron chi connectivity index (χ3n) is 4.15. The summed E-state index contributed by atoms with van der Waals surface area (Å²) in [4.78, 5) is 12.3. The zero-order valence-electron chi connectivity index (χ0n) is 17.4. The average molecular weight is 490 g/mol. The van der Waals surface area contributed by atoms with Crippen LogP contribution in [0.1, 0.15) is 6.92 Å². The zero-order valence-corrected chi connectivity index (χ0v) is 19.9. The molecule has 0 bridgehead atoms. The lowest BCUT2D eigenvalue weighted by Gasteiger charge is -2.08. The van der Waals surface area contributed by atoms with Crippen LogP contribution < -0.4 is 14.8 Å². The Bertz CT molecular complexity index is 1240. The predicted octanol–water partition coefficient (Wildman–Crippen LogP) is 3.50. The molecule has 1 aromatic carbocycles.